The van der Waals surface area contributed by atoms with Crippen LogP contribution in [-0.2, 0) is 17.6 Å². The van der Waals surface area contributed by atoms with Crippen LogP contribution in [0.25, 0.3) is 11.0 Å². The number of aryl methyl sites for hydroxylation is 1. The average molecular weight is 311 g/mol. The van der Waals surface area contributed by atoms with E-state index in [0.29, 0.717) is 31.4 Å². The molecular formula is C18H18FN3O. The summed E-state index contributed by atoms with van der Waals surface area (Å²) in [4.78, 5) is 19.5. The van der Waals surface area contributed by atoms with Crippen LogP contribution in [0, 0.1) is 5.82 Å². The largest absolute Gasteiger partial charge is 0.356 e. The standard InChI is InChI=1S/C18H18FN3O/c19-14-6-2-1-5-13(14)11-12-20-18(23)10-9-17-21-15-7-3-4-8-16(15)22-17/h1-8H,9-12H2,(H,20,23)(H,21,22). The van der Waals surface area contributed by atoms with E-state index in [-0.39, 0.29) is 11.7 Å². The van der Waals surface area contributed by atoms with Crippen LogP contribution in [-0.4, -0.2) is 22.4 Å². The number of rotatable bonds is 6. The summed E-state index contributed by atoms with van der Waals surface area (Å²) in [6.45, 7) is 0.430. The van der Waals surface area contributed by atoms with Crippen molar-refractivity contribution in [1.82, 2.24) is 15.3 Å². The van der Waals surface area contributed by atoms with Crippen molar-refractivity contribution >= 4 is 16.9 Å². The Morgan fingerprint density at radius 3 is 2.70 bits per heavy atom. The number of hydrogen-bond acceptors (Lipinski definition) is 2. The van der Waals surface area contributed by atoms with Gasteiger partial charge >= 0.3 is 0 Å². The normalized spacial score (nSPS) is 10.8. The minimum absolute atomic E-state index is 0.0539. The number of carbonyl (C=O) groups is 1. The number of aromatic amines is 1. The topological polar surface area (TPSA) is 57.8 Å². The average Bonchev–Trinajstić information content (AvgIpc) is 2.98. The first-order valence-corrected chi connectivity index (χ1v) is 7.66. The molecule has 0 saturated heterocycles. The molecule has 5 heteroatoms. The fourth-order valence-electron chi connectivity index (χ4n) is 2.48. The first kappa shape index (κ1) is 15.2. The summed E-state index contributed by atoms with van der Waals surface area (Å²) in [6, 6.07) is 14.4. The minimum atomic E-state index is -0.232. The number of aromatic nitrogens is 2. The maximum Gasteiger partial charge on any atom is 0.220 e. The molecule has 2 N–H and O–H groups in total. The molecule has 3 rings (SSSR count). The molecule has 118 valence electrons. The number of benzene rings is 2. The predicted molar refractivity (Wildman–Crippen MR) is 87.5 cm³/mol. The van der Waals surface area contributed by atoms with Gasteiger partial charge in [0, 0.05) is 19.4 Å². The molecule has 0 aliphatic carbocycles. The number of nitrogens with one attached hydrogen (secondary N) is 2. The van der Waals surface area contributed by atoms with Crippen molar-refractivity contribution in [3.63, 3.8) is 0 Å². The van der Waals surface area contributed by atoms with Gasteiger partial charge in [-0.1, -0.05) is 30.3 Å². The molecular weight excluding hydrogens is 293 g/mol. The van der Waals surface area contributed by atoms with Crippen molar-refractivity contribution in [2.75, 3.05) is 6.54 Å². The van der Waals surface area contributed by atoms with E-state index >= 15 is 0 Å². The molecule has 0 fully saturated rings. The van der Waals surface area contributed by atoms with Gasteiger partial charge in [-0.05, 0) is 30.2 Å². The highest BCUT2D eigenvalue weighted by molar-refractivity contribution is 5.77. The zero-order chi connectivity index (χ0) is 16.1. The summed E-state index contributed by atoms with van der Waals surface area (Å²) in [7, 11) is 0. The van der Waals surface area contributed by atoms with Crippen LogP contribution in [0.3, 0.4) is 0 Å². The van der Waals surface area contributed by atoms with Gasteiger partial charge in [0.2, 0.25) is 5.91 Å². The molecule has 23 heavy (non-hydrogen) atoms. The number of carbonyl (C=O) groups excluding carboxylic acids is 1. The van der Waals surface area contributed by atoms with Crippen LogP contribution in [0.5, 0.6) is 0 Å². The molecule has 0 bridgehead atoms. The molecule has 3 aromatic rings. The zero-order valence-corrected chi connectivity index (χ0v) is 12.7. The lowest BCUT2D eigenvalue weighted by atomic mass is 10.1. The summed E-state index contributed by atoms with van der Waals surface area (Å²) in [5.74, 6) is 0.515. The first-order chi connectivity index (χ1) is 11.2. The van der Waals surface area contributed by atoms with Gasteiger partial charge in [-0.15, -0.1) is 0 Å². The van der Waals surface area contributed by atoms with Gasteiger partial charge in [-0.2, -0.15) is 0 Å². The Labute approximate surface area is 133 Å². The van der Waals surface area contributed by atoms with Crippen LogP contribution in [0.2, 0.25) is 0 Å². The fourth-order valence-corrected chi connectivity index (χ4v) is 2.48. The quantitative estimate of drug-likeness (QED) is 0.735. The molecule has 1 heterocycles. The smallest absolute Gasteiger partial charge is 0.220 e. The number of para-hydroxylation sites is 2. The van der Waals surface area contributed by atoms with E-state index in [2.05, 4.69) is 15.3 Å². The number of halogens is 1. The Morgan fingerprint density at radius 2 is 1.87 bits per heavy atom. The number of nitrogens with zero attached hydrogens (tertiary/aromatic N) is 1. The van der Waals surface area contributed by atoms with Crippen LogP contribution < -0.4 is 5.32 Å². The molecule has 2 aromatic carbocycles. The maximum atomic E-state index is 13.5. The van der Waals surface area contributed by atoms with Gasteiger partial charge in [-0.25, -0.2) is 9.37 Å². The van der Waals surface area contributed by atoms with E-state index in [9.17, 15) is 9.18 Å². The minimum Gasteiger partial charge on any atom is -0.356 e. The molecule has 0 atom stereocenters. The van der Waals surface area contributed by atoms with E-state index in [1.807, 2.05) is 24.3 Å². The lowest BCUT2D eigenvalue weighted by Gasteiger charge is -2.05. The third-order valence-corrected chi connectivity index (χ3v) is 3.70. The highest BCUT2D eigenvalue weighted by Crippen LogP contribution is 2.11. The second-order valence-corrected chi connectivity index (χ2v) is 5.39. The SMILES string of the molecule is O=C(CCc1nc2ccccc2[nH]1)NCCc1ccccc1F. The Balaban J connectivity index is 1.45. The Morgan fingerprint density at radius 1 is 1.09 bits per heavy atom. The third-order valence-electron chi connectivity index (χ3n) is 3.70. The molecule has 0 unspecified atom stereocenters. The lowest BCUT2D eigenvalue weighted by molar-refractivity contribution is -0.121. The summed E-state index contributed by atoms with van der Waals surface area (Å²) in [5, 5.41) is 2.82. The van der Waals surface area contributed by atoms with E-state index < -0.39 is 0 Å². The van der Waals surface area contributed by atoms with E-state index in [1.165, 1.54) is 6.07 Å². The van der Waals surface area contributed by atoms with Crippen molar-refractivity contribution in [2.45, 2.75) is 19.3 Å². The number of H-pyrrole nitrogens is 1. The molecule has 1 amide bonds. The second kappa shape index (κ2) is 7.05. The summed E-state index contributed by atoms with van der Waals surface area (Å²) in [5.41, 5.74) is 2.50. The fraction of sp³-hybridized carbons (Fsp3) is 0.222. The van der Waals surface area contributed by atoms with Gasteiger partial charge in [0.05, 0.1) is 11.0 Å². The Hall–Kier alpha value is -2.69. The molecule has 1 aromatic heterocycles. The second-order valence-electron chi connectivity index (χ2n) is 5.39. The maximum absolute atomic E-state index is 13.5. The highest BCUT2D eigenvalue weighted by atomic mass is 19.1. The van der Waals surface area contributed by atoms with Crippen molar-refractivity contribution in [2.24, 2.45) is 0 Å². The van der Waals surface area contributed by atoms with E-state index in [1.54, 1.807) is 18.2 Å². The van der Waals surface area contributed by atoms with Crippen molar-refractivity contribution in [1.29, 1.82) is 0 Å². The molecule has 0 saturated carbocycles. The summed E-state index contributed by atoms with van der Waals surface area (Å²) < 4.78 is 13.5. The predicted octanol–water partition coefficient (Wildman–Crippen LogP) is 2.99. The zero-order valence-electron chi connectivity index (χ0n) is 12.7. The van der Waals surface area contributed by atoms with Crippen LogP contribution in [0.15, 0.2) is 48.5 Å². The van der Waals surface area contributed by atoms with Gasteiger partial charge in [-0.3, -0.25) is 4.79 Å². The Kier molecular flexibility index (Phi) is 4.66. The number of fused-ring (bicyclic) bond motifs is 1. The number of imidazole rings is 1. The highest BCUT2D eigenvalue weighted by Gasteiger charge is 2.07. The Bertz CT molecular complexity index is 780. The summed E-state index contributed by atoms with van der Waals surface area (Å²) >= 11 is 0. The lowest BCUT2D eigenvalue weighted by Crippen LogP contribution is -2.26. The van der Waals surface area contributed by atoms with E-state index in [4.69, 9.17) is 0 Å². The molecule has 0 aliphatic heterocycles. The van der Waals surface area contributed by atoms with Crippen molar-refractivity contribution in [3.05, 3.63) is 65.7 Å². The molecule has 0 spiro atoms. The molecule has 0 radical (unpaired) electrons. The van der Waals surface area contributed by atoms with Crippen LogP contribution in [0.1, 0.15) is 17.8 Å². The van der Waals surface area contributed by atoms with Crippen LogP contribution in [0.4, 0.5) is 4.39 Å². The molecule has 4 nitrogen and oxygen atoms in total. The van der Waals surface area contributed by atoms with Gasteiger partial charge in [0.15, 0.2) is 0 Å². The van der Waals surface area contributed by atoms with Crippen LogP contribution >= 0.6 is 0 Å². The first-order valence-electron chi connectivity index (χ1n) is 7.66. The van der Waals surface area contributed by atoms with Crippen molar-refractivity contribution < 1.29 is 9.18 Å². The van der Waals surface area contributed by atoms with E-state index in [0.717, 1.165) is 16.9 Å². The number of hydrogen-bond donors (Lipinski definition) is 2. The van der Waals surface area contributed by atoms with Gasteiger partial charge < -0.3 is 10.3 Å². The molecule has 0 aliphatic rings. The monoisotopic (exact) mass is 311 g/mol. The third kappa shape index (κ3) is 3.94. The van der Waals surface area contributed by atoms with Crippen molar-refractivity contribution in [3.8, 4) is 0 Å². The summed E-state index contributed by atoms with van der Waals surface area (Å²) in [6.07, 6.45) is 1.40. The number of amides is 1. The van der Waals surface area contributed by atoms with Gasteiger partial charge in [0.25, 0.3) is 0 Å². The van der Waals surface area contributed by atoms with Gasteiger partial charge in [0.1, 0.15) is 11.6 Å².